The van der Waals surface area contributed by atoms with Crippen molar-refractivity contribution < 1.29 is 18.8 Å². The highest BCUT2D eigenvalue weighted by Gasteiger charge is 2.24. The lowest BCUT2D eigenvalue weighted by Gasteiger charge is -2.27. The third-order valence-corrected chi connectivity index (χ3v) is 6.01. The van der Waals surface area contributed by atoms with E-state index in [1.807, 2.05) is 31.2 Å². The number of fused-ring (bicyclic) bond motifs is 1. The van der Waals surface area contributed by atoms with Gasteiger partial charge in [0.15, 0.2) is 5.13 Å². The highest BCUT2D eigenvalue weighted by atomic mass is 32.1. The molecule has 0 atom stereocenters. The Kier molecular flexibility index (Phi) is 5.66. The van der Waals surface area contributed by atoms with Crippen LogP contribution in [0.4, 0.5) is 9.52 Å². The van der Waals surface area contributed by atoms with E-state index in [0.29, 0.717) is 22.8 Å². The number of nitrogens with zero attached hydrogens (tertiary/aromatic N) is 2. The molecule has 4 rings (SSSR count). The van der Waals surface area contributed by atoms with Crippen molar-refractivity contribution >= 4 is 32.6 Å². The van der Waals surface area contributed by atoms with Gasteiger partial charge in [-0.15, -0.1) is 0 Å². The van der Waals surface area contributed by atoms with E-state index in [0.717, 1.165) is 43.1 Å². The largest absolute Gasteiger partial charge is 0.370 e. The minimum absolute atomic E-state index is 0.0733. The van der Waals surface area contributed by atoms with E-state index < -0.39 is 0 Å². The molecule has 0 aliphatic carbocycles. The zero-order chi connectivity index (χ0) is 19.5. The fourth-order valence-corrected chi connectivity index (χ4v) is 4.41. The van der Waals surface area contributed by atoms with E-state index in [9.17, 15) is 9.18 Å². The van der Waals surface area contributed by atoms with E-state index in [1.54, 1.807) is 11.0 Å². The molecular formula is C21H23FN3O2S+. The minimum Gasteiger partial charge on any atom is -0.370 e. The van der Waals surface area contributed by atoms with Gasteiger partial charge >= 0.3 is 0 Å². The van der Waals surface area contributed by atoms with Crippen LogP contribution in [-0.4, -0.2) is 50.3 Å². The number of benzene rings is 2. The number of hydrogen-bond acceptors (Lipinski definition) is 4. The standard InChI is InChI=1S/C21H22FN3O2S/c1-15-3-2-4-16(13-15)20(26)25(8-7-24-9-11-27-12-10-24)21-23-18-6-5-17(22)14-19(18)28-21/h2-6,13-14H,7-12H2,1H3/p+1. The lowest BCUT2D eigenvalue weighted by atomic mass is 10.1. The third-order valence-electron chi connectivity index (χ3n) is 4.97. The molecule has 1 amide bonds. The Morgan fingerprint density at radius 1 is 1.25 bits per heavy atom. The van der Waals surface area contributed by atoms with Gasteiger partial charge in [-0.05, 0) is 37.3 Å². The van der Waals surface area contributed by atoms with Crippen molar-refractivity contribution in [2.24, 2.45) is 0 Å². The summed E-state index contributed by atoms with van der Waals surface area (Å²) in [4.78, 5) is 21.1. The Morgan fingerprint density at radius 3 is 2.86 bits per heavy atom. The molecule has 0 unspecified atom stereocenters. The molecule has 0 bridgehead atoms. The molecule has 1 saturated heterocycles. The molecule has 0 saturated carbocycles. The second kappa shape index (κ2) is 8.34. The summed E-state index contributed by atoms with van der Waals surface area (Å²) in [5, 5.41) is 0.611. The van der Waals surface area contributed by atoms with Crippen LogP contribution in [-0.2, 0) is 4.74 Å². The number of ether oxygens (including phenoxy) is 1. The third kappa shape index (κ3) is 4.22. The molecule has 1 aromatic heterocycles. The van der Waals surface area contributed by atoms with Crippen LogP contribution in [0.1, 0.15) is 15.9 Å². The van der Waals surface area contributed by atoms with Crippen LogP contribution in [0.3, 0.4) is 0 Å². The van der Waals surface area contributed by atoms with E-state index in [-0.39, 0.29) is 11.7 Å². The number of quaternary nitrogens is 1. The summed E-state index contributed by atoms with van der Waals surface area (Å²) in [7, 11) is 0. The lowest BCUT2D eigenvalue weighted by Crippen LogP contribution is -3.14. The number of aromatic nitrogens is 1. The highest BCUT2D eigenvalue weighted by molar-refractivity contribution is 7.22. The van der Waals surface area contributed by atoms with Crippen LogP contribution in [0.5, 0.6) is 0 Å². The van der Waals surface area contributed by atoms with Crippen LogP contribution < -0.4 is 9.80 Å². The van der Waals surface area contributed by atoms with Gasteiger partial charge in [0.25, 0.3) is 5.91 Å². The smallest absolute Gasteiger partial charge is 0.260 e. The highest BCUT2D eigenvalue weighted by Crippen LogP contribution is 2.30. The monoisotopic (exact) mass is 400 g/mol. The van der Waals surface area contributed by atoms with E-state index in [2.05, 4.69) is 4.98 Å². The summed E-state index contributed by atoms with van der Waals surface area (Å²) in [5.74, 6) is -0.368. The van der Waals surface area contributed by atoms with Crippen LogP contribution in [0, 0.1) is 12.7 Å². The molecule has 146 valence electrons. The first-order valence-corrected chi connectivity index (χ1v) is 10.3. The average Bonchev–Trinajstić information content (AvgIpc) is 3.11. The fourth-order valence-electron chi connectivity index (χ4n) is 3.40. The van der Waals surface area contributed by atoms with Crippen LogP contribution in [0.2, 0.25) is 0 Å². The van der Waals surface area contributed by atoms with Gasteiger partial charge in [-0.1, -0.05) is 29.0 Å². The molecule has 5 nitrogen and oxygen atoms in total. The molecule has 1 N–H and O–H groups in total. The predicted octanol–water partition coefficient (Wildman–Crippen LogP) is 2.31. The van der Waals surface area contributed by atoms with Crippen molar-refractivity contribution in [3.8, 4) is 0 Å². The summed E-state index contributed by atoms with van der Waals surface area (Å²) in [5.41, 5.74) is 2.39. The Labute approximate surface area is 167 Å². The number of halogens is 1. The van der Waals surface area contributed by atoms with Gasteiger partial charge in [0.1, 0.15) is 18.9 Å². The van der Waals surface area contributed by atoms with Crippen molar-refractivity contribution in [2.45, 2.75) is 6.92 Å². The number of nitrogens with one attached hydrogen (secondary N) is 1. The van der Waals surface area contributed by atoms with Crippen molar-refractivity contribution in [1.82, 2.24) is 4.98 Å². The quantitative estimate of drug-likeness (QED) is 0.715. The summed E-state index contributed by atoms with van der Waals surface area (Å²) in [6, 6.07) is 12.1. The van der Waals surface area contributed by atoms with Crippen molar-refractivity contribution in [1.29, 1.82) is 0 Å². The SMILES string of the molecule is Cc1cccc(C(=O)N(CC[NH+]2CCOCC2)c2nc3ccc(F)cc3s2)c1. The van der Waals surface area contributed by atoms with Crippen molar-refractivity contribution in [2.75, 3.05) is 44.3 Å². The van der Waals surface area contributed by atoms with Crippen molar-refractivity contribution in [3.63, 3.8) is 0 Å². The molecule has 2 aromatic carbocycles. The number of thiazole rings is 1. The number of hydrogen-bond donors (Lipinski definition) is 1. The molecule has 1 aliphatic heterocycles. The van der Waals surface area contributed by atoms with E-state index in [1.165, 1.54) is 28.4 Å². The van der Waals surface area contributed by atoms with Crippen LogP contribution in [0.15, 0.2) is 42.5 Å². The maximum atomic E-state index is 13.6. The molecular weight excluding hydrogens is 377 g/mol. The van der Waals surface area contributed by atoms with E-state index in [4.69, 9.17) is 4.74 Å². The zero-order valence-electron chi connectivity index (χ0n) is 15.8. The molecule has 1 fully saturated rings. The molecule has 0 spiro atoms. The average molecular weight is 400 g/mol. The number of morpholine rings is 1. The van der Waals surface area contributed by atoms with E-state index >= 15 is 0 Å². The van der Waals surface area contributed by atoms with Gasteiger partial charge in [-0.2, -0.15) is 0 Å². The van der Waals surface area contributed by atoms with Crippen LogP contribution in [0.25, 0.3) is 10.2 Å². The second-order valence-electron chi connectivity index (χ2n) is 7.05. The van der Waals surface area contributed by atoms with Gasteiger partial charge in [0, 0.05) is 5.56 Å². The van der Waals surface area contributed by atoms with Gasteiger partial charge in [-0.3, -0.25) is 9.69 Å². The van der Waals surface area contributed by atoms with Crippen molar-refractivity contribution in [3.05, 3.63) is 59.4 Å². The number of carbonyl (C=O) groups excluding carboxylic acids is 1. The number of amides is 1. The maximum absolute atomic E-state index is 13.6. The summed E-state index contributed by atoms with van der Waals surface area (Å²) < 4.78 is 19.8. The maximum Gasteiger partial charge on any atom is 0.260 e. The fraction of sp³-hybridized carbons (Fsp3) is 0.333. The van der Waals surface area contributed by atoms with Gasteiger partial charge in [-0.25, -0.2) is 9.37 Å². The predicted molar refractivity (Wildman–Crippen MR) is 109 cm³/mol. The Morgan fingerprint density at radius 2 is 2.07 bits per heavy atom. The molecule has 3 aromatic rings. The molecule has 0 radical (unpaired) electrons. The summed E-state index contributed by atoms with van der Waals surface area (Å²) >= 11 is 1.35. The Hall–Kier alpha value is -2.35. The summed E-state index contributed by atoms with van der Waals surface area (Å²) in [6.07, 6.45) is 0. The molecule has 28 heavy (non-hydrogen) atoms. The second-order valence-corrected chi connectivity index (χ2v) is 8.06. The summed E-state index contributed by atoms with van der Waals surface area (Å²) in [6.45, 7) is 6.74. The first-order valence-electron chi connectivity index (χ1n) is 9.46. The lowest BCUT2D eigenvalue weighted by molar-refractivity contribution is -0.906. The van der Waals surface area contributed by atoms with Gasteiger partial charge in [0.2, 0.25) is 0 Å². The van der Waals surface area contributed by atoms with Gasteiger partial charge < -0.3 is 9.64 Å². The Bertz CT molecular complexity index is 985. The number of carbonyl (C=O) groups is 1. The van der Waals surface area contributed by atoms with Crippen LogP contribution >= 0.6 is 11.3 Å². The van der Waals surface area contributed by atoms with Gasteiger partial charge in [0.05, 0.1) is 36.5 Å². The molecule has 1 aliphatic rings. The topological polar surface area (TPSA) is 46.9 Å². The zero-order valence-corrected chi connectivity index (χ0v) is 16.6. The minimum atomic E-state index is -0.294. The first kappa shape index (κ1) is 19.0. The first-order chi connectivity index (χ1) is 13.6. The Balaban J connectivity index is 1.63. The number of rotatable bonds is 5. The number of aryl methyl sites for hydroxylation is 1. The molecule has 2 heterocycles. The number of anilines is 1. The normalized spacial score (nSPS) is 15.1. The molecule has 7 heteroatoms.